The second-order valence-corrected chi connectivity index (χ2v) is 11.9. The summed E-state index contributed by atoms with van der Waals surface area (Å²) >= 11 is 0. The number of rotatable bonds is 8. The molecule has 1 aromatic heterocycles. The van der Waals surface area contributed by atoms with Crippen molar-refractivity contribution in [2.45, 2.75) is 25.4 Å². The van der Waals surface area contributed by atoms with Crippen molar-refractivity contribution in [2.24, 2.45) is 0 Å². The van der Waals surface area contributed by atoms with Crippen molar-refractivity contribution in [1.82, 2.24) is 19.9 Å². The fourth-order valence-corrected chi connectivity index (χ4v) is 7.05. The van der Waals surface area contributed by atoms with Crippen LogP contribution in [0.4, 0.5) is 0 Å². The average molecular weight is 609 g/mol. The maximum absolute atomic E-state index is 13.0. The van der Waals surface area contributed by atoms with Gasteiger partial charge in [0.2, 0.25) is 0 Å². The van der Waals surface area contributed by atoms with E-state index < -0.39 is 5.97 Å². The zero-order valence-corrected chi connectivity index (χ0v) is 25.7. The number of morpholine rings is 1. The molecular weight excluding hydrogens is 568 g/mol. The highest BCUT2D eigenvalue weighted by molar-refractivity contribution is 6.03. The Labute approximate surface area is 263 Å². The van der Waals surface area contributed by atoms with Crippen molar-refractivity contribution in [3.05, 3.63) is 95.3 Å². The van der Waals surface area contributed by atoms with Crippen LogP contribution in [0.1, 0.15) is 28.0 Å². The Morgan fingerprint density at radius 3 is 2.67 bits per heavy atom. The van der Waals surface area contributed by atoms with Gasteiger partial charge in [0.1, 0.15) is 11.4 Å². The molecule has 3 aromatic carbocycles. The highest BCUT2D eigenvalue weighted by Gasteiger charge is 2.34. The molecule has 234 valence electrons. The summed E-state index contributed by atoms with van der Waals surface area (Å²) < 4.78 is 19.9. The van der Waals surface area contributed by atoms with Gasteiger partial charge in [-0.2, -0.15) is 0 Å². The van der Waals surface area contributed by atoms with Crippen molar-refractivity contribution in [3.8, 4) is 5.75 Å². The number of likely N-dealkylation sites (N-methyl/N-ethyl adjacent to an activating group) is 1. The fraction of sp³-hybridized carbons (Fsp3) is 0.361. The van der Waals surface area contributed by atoms with Crippen LogP contribution in [0.15, 0.2) is 78.5 Å². The fourth-order valence-electron chi connectivity index (χ4n) is 7.05. The van der Waals surface area contributed by atoms with Crippen molar-refractivity contribution < 1.29 is 24.1 Å². The van der Waals surface area contributed by atoms with Gasteiger partial charge >= 0.3 is 5.97 Å². The van der Waals surface area contributed by atoms with Crippen molar-refractivity contribution >= 4 is 33.2 Å². The van der Waals surface area contributed by atoms with Gasteiger partial charge in [-0.05, 0) is 29.9 Å². The van der Waals surface area contributed by atoms with Crippen LogP contribution < -0.4 is 10.2 Å². The number of allylic oxidation sites excluding steroid dienone is 1. The Bertz CT molecular complexity index is 1760. The summed E-state index contributed by atoms with van der Waals surface area (Å²) in [6.07, 6.45) is 5.28. The highest BCUT2D eigenvalue weighted by Crippen LogP contribution is 2.38. The second kappa shape index (κ2) is 13.1. The summed E-state index contributed by atoms with van der Waals surface area (Å²) in [6.45, 7) is 5.93. The zero-order valence-electron chi connectivity index (χ0n) is 25.7. The number of nitrogens with zero attached hydrogens (tertiary/aromatic N) is 3. The first-order chi connectivity index (χ1) is 22.1. The molecule has 3 aliphatic heterocycles. The molecule has 1 unspecified atom stereocenters. The molecule has 3 aliphatic rings. The van der Waals surface area contributed by atoms with Crippen LogP contribution in [0.25, 0.3) is 27.2 Å². The monoisotopic (exact) mass is 608 g/mol. The van der Waals surface area contributed by atoms with Gasteiger partial charge in [-0.25, -0.2) is 10.2 Å². The Morgan fingerprint density at radius 2 is 1.80 bits per heavy atom. The van der Waals surface area contributed by atoms with Gasteiger partial charge in [0.05, 0.1) is 50.3 Å². The molecule has 2 N–H and O–H groups in total. The van der Waals surface area contributed by atoms with Gasteiger partial charge in [-0.3, -0.25) is 4.90 Å². The quantitative estimate of drug-likeness (QED) is 0.215. The number of nitrogens with one attached hydrogen (secondary N) is 1. The molecule has 0 saturated carbocycles. The third-order valence-corrected chi connectivity index (χ3v) is 9.12. The van der Waals surface area contributed by atoms with E-state index in [0.29, 0.717) is 44.9 Å². The largest absolute Gasteiger partial charge is 0.493 e. The Morgan fingerprint density at radius 1 is 1.00 bits per heavy atom. The van der Waals surface area contributed by atoms with E-state index in [9.17, 15) is 9.90 Å². The Hall–Kier alpha value is -4.15. The van der Waals surface area contributed by atoms with E-state index in [1.54, 1.807) is 0 Å². The molecule has 0 bridgehead atoms. The predicted molar refractivity (Wildman–Crippen MR) is 175 cm³/mol. The number of aromatic carboxylic acids is 1. The van der Waals surface area contributed by atoms with E-state index in [-0.39, 0.29) is 6.04 Å². The number of benzene rings is 3. The molecule has 4 aromatic rings. The second-order valence-electron chi connectivity index (χ2n) is 11.9. The number of aromatic nitrogens is 1. The minimum Gasteiger partial charge on any atom is -0.493 e. The van der Waals surface area contributed by atoms with Crippen LogP contribution in [-0.2, 0) is 22.4 Å². The van der Waals surface area contributed by atoms with Crippen molar-refractivity contribution in [1.29, 1.82) is 0 Å². The molecule has 0 aliphatic carbocycles. The molecule has 45 heavy (non-hydrogen) atoms. The first-order valence-electron chi connectivity index (χ1n) is 15.8. The number of carbonyl (C=O) groups is 1. The predicted octanol–water partition coefficient (Wildman–Crippen LogP) is 4.95. The van der Waals surface area contributed by atoms with E-state index >= 15 is 0 Å². The van der Waals surface area contributed by atoms with E-state index in [4.69, 9.17) is 14.2 Å². The van der Waals surface area contributed by atoms with Crippen LogP contribution in [0.2, 0.25) is 0 Å². The molecule has 1 fully saturated rings. The van der Waals surface area contributed by atoms with Gasteiger partial charge in [0.25, 0.3) is 0 Å². The standard InChI is InChI=1S/C36H40N4O5/c1-38-31-24-44-19-5-4-16-40-34-27(12-7-13-29(34)33(31)30(37-38)23-39-17-21-43-22-18-39)28(35(40)36(41)42)14-8-20-45-32-15-6-10-25-9-2-3-11-26(25)32/h2-7,9-13,15,30,37H,8,14,16-24H2,1H3,(H,41,42)/b5-4-. The van der Waals surface area contributed by atoms with Gasteiger partial charge in [0.15, 0.2) is 0 Å². The number of carboxylic acids is 1. The average Bonchev–Trinajstić information content (AvgIpc) is 3.53. The molecular formula is C36H40N4O5. The number of carboxylic acid groups (broad SMARTS) is 1. The summed E-state index contributed by atoms with van der Waals surface area (Å²) in [7, 11) is 2.04. The molecule has 9 nitrogen and oxygen atoms in total. The molecule has 0 spiro atoms. The third kappa shape index (κ3) is 5.84. The molecule has 9 heteroatoms. The molecule has 7 rings (SSSR count). The smallest absolute Gasteiger partial charge is 0.352 e. The lowest BCUT2D eigenvalue weighted by atomic mass is 9.94. The van der Waals surface area contributed by atoms with E-state index in [1.807, 2.05) is 48.0 Å². The molecule has 1 saturated heterocycles. The SMILES string of the molecule is CN1NC(CN2CCOCC2)C2=C1COC/C=C\Cn1c(C(=O)O)c(CCCOc3cccc4ccccc34)c3cccc2c31. The first-order valence-corrected chi connectivity index (χ1v) is 15.8. The summed E-state index contributed by atoms with van der Waals surface area (Å²) in [6, 6.07) is 20.6. The van der Waals surface area contributed by atoms with Crippen LogP contribution in [0.3, 0.4) is 0 Å². The first kappa shape index (κ1) is 29.6. The normalized spacial score (nSPS) is 19.9. The number of hydrogen-bond donors (Lipinski definition) is 2. The lowest BCUT2D eigenvalue weighted by molar-refractivity contribution is 0.0342. The van der Waals surface area contributed by atoms with Gasteiger partial charge < -0.3 is 28.9 Å². The lowest BCUT2D eigenvalue weighted by Crippen LogP contribution is -2.46. The molecule has 0 radical (unpaired) electrons. The molecule has 0 amide bonds. The van der Waals surface area contributed by atoms with Gasteiger partial charge in [-0.15, -0.1) is 0 Å². The van der Waals surface area contributed by atoms with Crippen LogP contribution >= 0.6 is 0 Å². The van der Waals surface area contributed by atoms with Crippen LogP contribution in [0, 0.1) is 0 Å². The number of hydrogen-bond acceptors (Lipinski definition) is 7. The van der Waals surface area contributed by atoms with Crippen molar-refractivity contribution in [3.63, 3.8) is 0 Å². The topological polar surface area (TPSA) is 88.4 Å². The van der Waals surface area contributed by atoms with E-state index in [2.05, 4.69) is 51.7 Å². The number of fused-ring (bicyclic) bond motifs is 2. The highest BCUT2D eigenvalue weighted by atomic mass is 16.5. The molecule has 1 atom stereocenters. The minimum absolute atomic E-state index is 0.0279. The minimum atomic E-state index is -0.914. The Kier molecular flexibility index (Phi) is 8.58. The number of ether oxygens (including phenoxy) is 3. The Balaban J connectivity index is 1.26. The summed E-state index contributed by atoms with van der Waals surface area (Å²) in [5, 5.41) is 15.9. The summed E-state index contributed by atoms with van der Waals surface area (Å²) in [5.41, 5.74) is 9.13. The zero-order chi connectivity index (χ0) is 30.8. The number of para-hydroxylation sites is 1. The summed E-state index contributed by atoms with van der Waals surface area (Å²) in [5.74, 6) is -0.0657. The lowest BCUT2D eigenvalue weighted by Gasteiger charge is -2.30. The van der Waals surface area contributed by atoms with Crippen LogP contribution in [0.5, 0.6) is 5.75 Å². The van der Waals surface area contributed by atoms with Gasteiger partial charge in [-0.1, -0.05) is 66.7 Å². The van der Waals surface area contributed by atoms with E-state index in [1.165, 1.54) is 0 Å². The summed E-state index contributed by atoms with van der Waals surface area (Å²) in [4.78, 5) is 15.4. The van der Waals surface area contributed by atoms with Crippen LogP contribution in [-0.4, -0.2) is 91.3 Å². The number of aryl methyl sites for hydroxylation is 1. The van der Waals surface area contributed by atoms with Gasteiger partial charge in [0, 0.05) is 55.1 Å². The molecule has 4 heterocycles. The third-order valence-electron chi connectivity index (χ3n) is 9.12. The van der Waals surface area contributed by atoms with E-state index in [0.717, 1.165) is 82.7 Å². The van der Waals surface area contributed by atoms with Crippen molar-refractivity contribution in [2.75, 3.05) is 59.7 Å². The number of hydrazine groups is 1. The maximum atomic E-state index is 13.0. The maximum Gasteiger partial charge on any atom is 0.352 e.